The number of hydrogen-bond donors (Lipinski definition) is 1. The molecule has 1 fully saturated rings. The first-order valence-corrected chi connectivity index (χ1v) is 10.7. The first-order valence-electron chi connectivity index (χ1n) is 9.70. The predicted molar refractivity (Wildman–Crippen MR) is 105 cm³/mol. The summed E-state index contributed by atoms with van der Waals surface area (Å²) in [6, 6.07) is 7.91. The largest absolute Gasteiger partial charge is 0.492 e. The highest BCUT2D eigenvalue weighted by Gasteiger charge is 2.17. The summed E-state index contributed by atoms with van der Waals surface area (Å²) in [4.78, 5) is 12.4. The first kappa shape index (κ1) is 19.7. The van der Waals surface area contributed by atoms with Crippen molar-refractivity contribution in [2.75, 3.05) is 12.4 Å². The van der Waals surface area contributed by atoms with Crippen LogP contribution in [0.4, 0.5) is 0 Å². The monoisotopic (exact) mass is 389 g/mol. The molecule has 0 radical (unpaired) electrons. The summed E-state index contributed by atoms with van der Waals surface area (Å²) >= 11 is 1.34. The topological polar surface area (TPSA) is 81.9 Å². The number of rotatable bonds is 7. The molecule has 27 heavy (non-hydrogen) atoms. The van der Waals surface area contributed by atoms with Gasteiger partial charge in [-0.3, -0.25) is 4.79 Å². The molecular weight excluding hydrogens is 362 g/mol. The third-order valence-corrected chi connectivity index (χ3v) is 5.56. The molecule has 1 saturated carbocycles. The quantitative estimate of drug-likeness (QED) is 0.731. The molecule has 0 atom stereocenters. The van der Waals surface area contributed by atoms with Crippen LogP contribution < -0.4 is 10.1 Å². The SMILES string of the molecule is CCOc1ccccc1-n1nnnc1SCC(=O)NC1CCCCCCC1. The number of carbonyl (C=O) groups is 1. The third kappa shape index (κ3) is 5.69. The van der Waals surface area contributed by atoms with Gasteiger partial charge in [0.05, 0.1) is 12.4 Å². The van der Waals surface area contributed by atoms with Gasteiger partial charge in [-0.15, -0.1) is 5.10 Å². The maximum atomic E-state index is 12.4. The fourth-order valence-electron chi connectivity index (χ4n) is 3.33. The van der Waals surface area contributed by atoms with Gasteiger partial charge in [0.2, 0.25) is 11.1 Å². The van der Waals surface area contributed by atoms with Crippen molar-refractivity contribution in [3.63, 3.8) is 0 Å². The number of carbonyl (C=O) groups excluding carboxylic acids is 1. The number of amides is 1. The third-order valence-electron chi connectivity index (χ3n) is 4.64. The van der Waals surface area contributed by atoms with Gasteiger partial charge in [-0.05, 0) is 42.3 Å². The van der Waals surface area contributed by atoms with Crippen LogP contribution in [0.15, 0.2) is 29.4 Å². The van der Waals surface area contributed by atoms with E-state index in [0.29, 0.717) is 29.3 Å². The van der Waals surface area contributed by atoms with Crippen LogP contribution in [0, 0.1) is 0 Å². The summed E-state index contributed by atoms with van der Waals surface area (Å²) in [6.07, 6.45) is 8.42. The Hall–Kier alpha value is -2.09. The van der Waals surface area contributed by atoms with Gasteiger partial charge in [0.25, 0.3) is 0 Å². The number of benzene rings is 1. The highest BCUT2D eigenvalue weighted by Crippen LogP contribution is 2.26. The molecule has 1 amide bonds. The Labute approximate surface area is 164 Å². The summed E-state index contributed by atoms with van der Waals surface area (Å²) < 4.78 is 7.28. The molecular formula is C19H27N5O2S. The average Bonchev–Trinajstić information content (AvgIpc) is 3.11. The number of tetrazole rings is 1. The Kier molecular flexibility index (Phi) is 7.50. The van der Waals surface area contributed by atoms with Crippen LogP contribution in [0.1, 0.15) is 51.9 Å². The minimum absolute atomic E-state index is 0.0400. The Bertz CT molecular complexity index is 728. The van der Waals surface area contributed by atoms with Gasteiger partial charge in [0.15, 0.2) is 0 Å². The summed E-state index contributed by atoms with van der Waals surface area (Å²) in [5.41, 5.74) is 0.771. The summed E-state index contributed by atoms with van der Waals surface area (Å²) in [5, 5.41) is 15.7. The molecule has 7 nitrogen and oxygen atoms in total. The molecule has 1 N–H and O–H groups in total. The molecule has 1 aliphatic carbocycles. The second-order valence-electron chi connectivity index (χ2n) is 6.67. The van der Waals surface area contributed by atoms with Crippen molar-refractivity contribution in [2.45, 2.75) is 63.1 Å². The number of nitrogens with one attached hydrogen (secondary N) is 1. The van der Waals surface area contributed by atoms with Gasteiger partial charge in [-0.1, -0.05) is 56.0 Å². The highest BCUT2D eigenvalue weighted by atomic mass is 32.2. The number of ether oxygens (including phenoxy) is 1. The lowest BCUT2D eigenvalue weighted by molar-refractivity contribution is -0.119. The number of thioether (sulfide) groups is 1. The molecule has 146 valence electrons. The van der Waals surface area contributed by atoms with E-state index >= 15 is 0 Å². The molecule has 0 saturated heterocycles. The standard InChI is InChI=1S/C19H27N5O2S/c1-2-26-17-13-9-8-12-16(17)24-19(21-22-23-24)27-14-18(25)20-15-10-6-4-3-5-7-11-15/h8-9,12-13,15H,2-7,10-11,14H2,1H3,(H,20,25). The second-order valence-corrected chi connectivity index (χ2v) is 7.61. The Morgan fingerprint density at radius 2 is 1.96 bits per heavy atom. The molecule has 0 spiro atoms. The van der Waals surface area contributed by atoms with E-state index in [0.717, 1.165) is 18.5 Å². The fourth-order valence-corrected chi connectivity index (χ4v) is 4.02. The Balaban J connectivity index is 1.59. The lowest BCUT2D eigenvalue weighted by Gasteiger charge is -2.20. The van der Waals surface area contributed by atoms with Gasteiger partial charge < -0.3 is 10.1 Å². The number of nitrogens with zero attached hydrogens (tertiary/aromatic N) is 4. The van der Waals surface area contributed by atoms with Crippen molar-refractivity contribution < 1.29 is 9.53 Å². The smallest absolute Gasteiger partial charge is 0.230 e. The maximum Gasteiger partial charge on any atom is 0.230 e. The van der Waals surface area contributed by atoms with Gasteiger partial charge in [0, 0.05) is 6.04 Å². The fraction of sp³-hybridized carbons (Fsp3) is 0.579. The van der Waals surface area contributed by atoms with Gasteiger partial charge in [0.1, 0.15) is 11.4 Å². The minimum atomic E-state index is 0.0400. The molecule has 8 heteroatoms. The molecule has 1 aliphatic rings. The Morgan fingerprint density at radius 1 is 1.22 bits per heavy atom. The van der Waals surface area contributed by atoms with E-state index in [-0.39, 0.29) is 5.91 Å². The van der Waals surface area contributed by atoms with Crippen molar-refractivity contribution in [3.8, 4) is 11.4 Å². The maximum absolute atomic E-state index is 12.4. The minimum Gasteiger partial charge on any atom is -0.492 e. The molecule has 2 aromatic rings. The van der Waals surface area contributed by atoms with E-state index in [1.165, 1.54) is 43.9 Å². The van der Waals surface area contributed by atoms with E-state index in [9.17, 15) is 4.79 Å². The zero-order chi connectivity index (χ0) is 18.9. The lowest BCUT2D eigenvalue weighted by Crippen LogP contribution is -2.36. The van der Waals surface area contributed by atoms with Crippen LogP contribution in [-0.2, 0) is 4.79 Å². The normalized spacial score (nSPS) is 15.7. The van der Waals surface area contributed by atoms with Crippen molar-refractivity contribution in [2.24, 2.45) is 0 Å². The molecule has 1 heterocycles. The number of para-hydroxylation sites is 2. The van der Waals surface area contributed by atoms with Gasteiger partial charge in [-0.2, -0.15) is 4.68 Å². The lowest BCUT2D eigenvalue weighted by atomic mass is 9.97. The summed E-state index contributed by atoms with van der Waals surface area (Å²) in [7, 11) is 0. The molecule has 0 bridgehead atoms. The zero-order valence-corrected chi connectivity index (χ0v) is 16.6. The molecule has 1 aromatic carbocycles. The molecule has 3 rings (SSSR count). The van der Waals surface area contributed by atoms with Crippen LogP contribution in [0.5, 0.6) is 5.75 Å². The van der Waals surface area contributed by atoms with Crippen molar-refractivity contribution >= 4 is 17.7 Å². The highest BCUT2D eigenvalue weighted by molar-refractivity contribution is 7.99. The van der Waals surface area contributed by atoms with Gasteiger partial charge >= 0.3 is 0 Å². The molecule has 0 unspecified atom stereocenters. The zero-order valence-electron chi connectivity index (χ0n) is 15.8. The number of aromatic nitrogens is 4. The van der Waals surface area contributed by atoms with Crippen LogP contribution in [0.25, 0.3) is 5.69 Å². The van der Waals surface area contributed by atoms with Crippen LogP contribution >= 0.6 is 11.8 Å². The van der Waals surface area contributed by atoms with Crippen molar-refractivity contribution in [3.05, 3.63) is 24.3 Å². The summed E-state index contributed by atoms with van der Waals surface area (Å²) in [5.74, 6) is 1.06. The Morgan fingerprint density at radius 3 is 2.74 bits per heavy atom. The van der Waals surface area contributed by atoms with Crippen molar-refractivity contribution in [1.82, 2.24) is 25.5 Å². The average molecular weight is 390 g/mol. The van der Waals surface area contributed by atoms with Crippen LogP contribution in [0.3, 0.4) is 0 Å². The van der Waals surface area contributed by atoms with E-state index in [1.807, 2.05) is 31.2 Å². The first-order chi connectivity index (χ1) is 13.3. The van der Waals surface area contributed by atoms with E-state index in [4.69, 9.17) is 4.74 Å². The predicted octanol–water partition coefficient (Wildman–Crippen LogP) is 3.38. The van der Waals surface area contributed by atoms with E-state index < -0.39 is 0 Å². The molecule has 1 aromatic heterocycles. The van der Waals surface area contributed by atoms with E-state index in [1.54, 1.807) is 4.68 Å². The molecule has 0 aliphatic heterocycles. The van der Waals surface area contributed by atoms with Crippen LogP contribution in [0.2, 0.25) is 0 Å². The van der Waals surface area contributed by atoms with E-state index in [2.05, 4.69) is 20.8 Å². The van der Waals surface area contributed by atoms with Gasteiger partial charge in [-0.25, -0.2) is 0 Å². The summed E-state index contributed by atoms with van der Waals surface area (Å²) in [6.45, 7) is 2.50. The number of hydrogen-bond acceptors (Lipinski definition) is 6. The second kappa shape index (κ2) is 10.3. The van der Waals surface area contributed by atoms with Crippen molar-refractivity contribution in [1.29, 1.82) is 0 Å². The van der Waals surface area contributed by atoms with Crippen LogP contribution in [-0.4, -0.2) is 44.5 Å².